The second kappa shape index (κ2) is 5.08. The number of pyridine rings is 1. The molecule has 1 unspecified atom stereocenters. The number of aryl methyl sites for hydroxylation is 2. The standard InChI is InChI=1S/C14H17N3/c1-10-3-4-13(9-11(10)2)14(17-15)12-5-7-16-8-6-12/h3-9,14,17H,15H2,1-2H3. The minimum Gasteiger partial charge on any atom is -0.271 e. The Hall–Kier alpha value is -1.71. The lowest BCUT2D eigenvalue weighted by Gasteiger charge is -2.17. The number of nitrogens with two attached hydrogens (primary N) is 1. The van der Waals surface area contributed by atoms with Crippen LogP contribution in [0.3, 0.4) is 0 Å². The lowest BCUT2D eigenvalue weighted by molar-refractivity contribution is 0.635. The van der Waals surface area contributed by atoms with Crippen LogP contribution in [0.4, 0.5) is 0 Å². The van der Waals surface area contributed by atoms with Gasteiger partial charge in [0.1, 0.15) is 0 Å². The van der Waals surface area contributed by atoms with E-state index in [1.54, 1.807) is 12.4 Å². The van der Waals surface area contributed by atoms with Crippen molar-refractivity contribution in [1.29, 1.82) is 0 Å². The highest BCUT2D eigenvalue weighted by Gasteiger charge is 2.12. The number of hydrogen-bond acceptors (Lipinski definition) is 3. The summed E-state index contributed by atoms with van der Waals surface area (Å²) >= 11 is 0. The van der Waals surface area contributed by atoms with Crippen LogP contribution >= 0.6 is 0 Å². The maximum atomic E-state index is 5.65. The number of nitrogens with one attached hydrogen (secondary N) is 1. The molecule has 3 heteroatoms. The van der Waals surface area contributed by atoms with E-state index in [0.29, 0.717) is 0 Å². The monoisotopic (exact) mass is 227 g/mol. The molecule has 1 atom stereocenters. The molecule has 0 saturated heterocycles. The molecular formula is C14H17N3. The third kappa shape index (κ3) is 2.52. The van der Waals surface area contributed by atoms with Gasteiger partial charge in [-0.15, -0.1) is 0 Å². The minimum absolute atomic E-state index is 0.0114. The van der Waals surface area contributed by atoms with Gasteiger partial charge in [0.15, 0.2) is 0 Å². The van der Waals surface area contributed by atoms with Crippen molar-refractivity contribution < 1.29 is 0 Å². The maximum Gasteiger partial charge on any atom is 0.0711 e. The van der Waals surface area contributed by atoms with E-state index >= 15 is 0 Å². The zero-order chi connectivity index (χ0) is 12.3. The van der Waals surface area contributed by atoms with Gasteiger partial charge in [-0.3, -0.25) is 10.8 Å². The Kier molecular flexibility index (Phi) is 3.52. The Morgan fingerprint density at radius 3 is 2.29 bits per heavy atom. The van der Waals surface area contributed by atoms with Gasteiger partial charge >= 0.3 is 0 Å². The van der Waals surface area contributed by atoms with E-state index in [9.17, 15) is 0 Å². The van der Waals surface area contributed by atoms with Gasteiger partial charge < -0.3 is 0 Å². The van der Waals surface area contributed by atoms with Gasteiger partial charge in [-0.1, -0.05) is 18.2 Å². The van der Waals surface area contributed by atoms with Gasteiger partial charge in [0.25, 0.3) is 0 Å². The van der Waals surface area contributed by atoms with Gasteiger partial charge in [0.2, 0.25) is 0 Å². The Labute approximate surface area is 102 Å². The molecule has 0 aliphatic rings. The highest BCUT2D eigenvalue weighted by molar-refractivity contribution is 5.36. The van der Waals surface area contributed by atoms with Crippen LogP contribution in [0.1, 0.15) is 28.3 Å². The third-order valence-corrected chi connectivity index (χ3v) is 3.07. The van der Waals surface area contributed by atoms with Gasteiger partial charge in [0.05, 0.1) is 6.04 Å². The molecular weight excluding hydrogens is 210 g/mol. The van der Waals surface area contributed by atoms with Gasteiger partial charge in [0, 0.05) is 12.4 Å². The lowest BCUT2D eigenvalue weighted by Crippen LogP contribution is -2.28. The summed E-state index contributed by atoms with van der Waals surface area (Å²) in [6, 6.07) is 10.3. The van der Waals surface area contributed by atoms with Crippen molar-refractivity contribution in [3.8, 4) is 0 Å². The molecule has 2 rings (SSSR count). The normalized spacial score (nSPS) is 12.4. The van der Waals surface area contributed by atoms with Crippen molar-refractivity contribution in [3.05, 3.63) is 65.0 Å². The van der Waals surface area contributed by atoms with Crippen molar-refractivity contribution in [1.82, 2.24) is 10.4 Å². The van der Waals surface area contributed by atoms with Crippen LogP contribution in [0, 0.1) is 13.8 Å². The zero-order valence-corrected chi connectivity index (χ0v) is 10.1. The number of benzene rings is 1. The molecule has 1 aromatic carbocycles. The van der Waals surface area contributed by atoms with E-state index in [2.05, 4.69) is 42.5 Å². The summed E-state index contributed by atoms with van der Waals surface area (Å²) in [5.41, 5.74) is 7.70. The second-order valence-electron chi connectivity index (χ2n) is 4.22. The Bertz CT molecular complexity index is 494. The third-order valence-electron chi connectivity index (χ3n) is 3.07. The van der Waals surface area contributed by atoms with E-state index in [-0.39, 0.29) is 6.04 Å². The summed E-state index contributed by atoms with van der Waals surface area (Å²) in [7, 11) is 0. The molecule has 3 nitrogen and oxygen atoms in total. The quantitative estimate of drug-likeness (QED) is 0.624. The van der Waals surface area contributed by atoms with E-state index in [1.165, 1.54) is 16.7 Å². The van der Waals surface area contributed by atoms with E-state index in [4.69, 9.17) is 5.84 Å². The average Bonchev–Trinajstić information content (AvgIpc) is 2.36. The Balaban J connectivity index is 2.39. The first-order valence-electron chi connectivity index (χ1n) is 5.65. The topological polar surface area (TPSA) is 50.9 Å². The van der Waals surface area contributed by atoms with Gasteiger partial charge in [-0.25, -0.2) is 5.43 Å². The van der Waals surface area contributed by atoms with Crippen LogP contribution in [-0.2, 0) is 0 Å². The molecule has 0 amide bonds. The van der Waals surface area contributed by atoms with Crippen LogP contribution in [0.5, 0.6) is 0 Å². The largest absolute Gasteiger partial charge is 0.271 e. The predicted molar refractivity (Wildman–Crippen MR) is 69.3 cm³/mol. The van der Waals surface area contributed by atoms with Crippen molar-refractivity contribution in [3.63, 3.8) is 0 Å². The van der Waals surface area contributed by atoms with Crippen LogP contribution in [0.2, 0.25) is 0 Å². The van der Waals surface area contributed by atoms with E-state index in [1.807, 2.05) is 12.1 Å². The molecule has 1 heterocycles. The van der Waals surface area contributed by atoms with Gasteiger partial charge in [-0.05, 0) is 48.2 Å². The fourth-order valence-corrected chi connectivity index (χ4v) is 1.88. The highest BCUT2D eigenvalue weighted by Crippen LogP contribution is 2.22. The molecule has 0 bridgehead atoms. The molecule has 1 aromatic heterocycles. The molecule has 2 aromatic rings. The van der Waals surface area contributed by atoms with Crippen molar-refractivity contribution in [2.75, 3.05) is 0 Å². The smallest absolute Gasteiger partial charge is 0.0711 e. The molecule has 0 aliphatic carbocycles. The number of rotatable bonds is 3. The lowest BCUT2D eigenvalue weighted by atomic mass is 9.97. The molecule has 0 radical (unpaired) electrons. The van der Waals surface area contributed by atoms with Crippen LogP contribution in [0.15, 0.2) is 42.7 Å². The first-order valence-corrected chi connectivity index (χ1v) is 5.65. The maximum absolute atomic E-state index is 5.65. The summed E-state index contributed by atoms with van der Waals surface area (Å²) in [5, 5.41) is 0. The van der Waals surface area contributed by atoms with Crippen LogP contribution < -0.4 is 11.3 Å². The fourth-order valence-electron chi connectivity index (χ4n) is 1.88. The second-order valence-corrected chi connectivity index (χ2v) is 4.22. The van der Waals surface area contributed by atoms with Crippen LogP contribution in [0.25, 0.3) is 0 Å². The van der Waals surface area contributed by atoms with Crippen molar-refractivity contribution >= 4 is 0 Å². The van der Waals surface area contributed by atoms with Crippen molar-refractivity contribution in [2.24, 2.45) is 5.84 Å². The number of aromatic nitrogens is 1. The Morgan fingerprint density at radius 1 is 1.00 bits per heavy atom. The molecule has 17 heavy (non-hydrogen) atoms. The van der Waals surface area contributed by atoms with E-state index in [0.717, 1.165) is 5.56 Å². The molecule has 0 fully saturated rings. The first-order chi connectivity index (χ1) is 8.22. The van der Waals surface area contributed by atoms with Crippen LogP contribution in [-0.4, -0.2) is 4.98 Å². The molecule has 0 saturated carbocycles. The summed E-state index contributed by atoms with van der Waals surface area (Å²) in [5.74, 6) is 5.65. The Morgan fingerprint density at radius 2 is 1.71 bits per heavy atom. The minimum atomic E-state index is 0.0114. The highest BCUT2D eigenvalue weighted by atomic mass is 15.2. The van der Waals surface area contributed by atoms with Crippen molar-refractivity contribution in [2.45, 2.75) is 19.9 Å². The number of hydrazine groups is 1. The summed E-state index contributed by atoms with van der Waals surface area (Å²) < 4.78 is 0. The molecule has 0 aliphatic heterocycles. The van der Waals surface area contributed by atoms with E-state index < -0.39 is 0 Å². The first kappa shape index (κ1) is 11.8. The average molecular weight is 227 g/mol. The molecule has 3 N–H and O–H groups in total. The number of hydrogen-bond donors (Lipinski definition) is 2. The number of nitrogens with zero attached hydrogens (tertiary/aromatic N) is 1. The summed E-state index contributed by atoms with van der Waals surface area (Å²) in [6.07, 6.45) is 3.56. The fraction of sp³-hybridized carbons (Fsp3) is 0.214. The summed E-state index contributed by atoms with van der Waals surface area (Å²) in [6.45, 7) is 4.22. The molecule has 88 valence electrons. The predicted octanol–water partition coefficient (Wildman–Crippen LogP) is 2.25. The van der Waals surface area contributed by atoms with Gasteiger partial charge in [-0.2, -0.15) is 0 Å². The zero-order valence-electron chi connectivity index (χ0n) is 10.1. The molecule has 0 spiro atoms. The summed E-state index contributed by atoms with van der Waals surface area (Å²) in [4.78, 5) is 4.02. The SMILES string of the molecule is Cc1ccc(C(NN)c2ccncc2)cc1C.